The number of amides is 1. The van der Waals surface area contributed by atoms with Crippen LogP contribution in [-0.2, 0) is 24.4 Å². The molecule has 0 atom stereocenters. The molecule has 0 spiro atoms. The maximum Gasteiger partial charge on any atom is 0.410 e. The van der Waals surface area contributed by atoms with E-state index in [9.17, 15) is 4.79 Å². The summed E-state index contributed by atoms with van der Waals surface area (Å²) in [5.74, 6) is 1.48. The van der Waals surface area contributed by atoms with Crippen molar-refractivity contribution in [2.45, 2.75) is 46.0 Å². The summed E-state index contributed by atoms with van der Waals surface area (Å²) >= 11 is 0. The van der Waals surface area contributed by atoms with Crippen molar-refractivity contribution in [3.8, 4) is 0 Å². The molecular formula is C23H31N7O2. The van der Waals surface area contributed by atoms with E-state index in [-0.39, 0.29) is 6.09 Å². The minimum absolute atomic E-state index is 0.335. The lowest BCUT2D eigenvalue weighted by Gasteiger charge is -2.24. The number of fused-ring (bicyclic) bond motifs is 1. The Kier molecular flexibility index (Phi) is 7.29. The third-order valence-electron chi connectivity index (χ3n) is 4.63. The first-order valence-electron chi connectivity index (χ1n) is 10.5. The van der Waals surface area contributed by atoms with Crippen molar-refractivity contribution in [3.05, 3.63) is 65.6 Å². The molecule has 1 aromatic carbocycles. The lowest BCUT2D eigenvalue weighted by Crippen LogP contribution is -2.36. The summed E-state index contributed by atoms with van der Waals surface area (Å²) in [6.45, 7) is 7.17. The van der Waals surface area contributed by atoms with Crippen molar-refractivity contribution >= 4 is 17.7 Å². The zero-order valence-corrected chi connectivity index (χ0v) is 19.3. The fourth-order valence-corrected chi connectivity index (χ4v) is 3.02. The molecule has 9 nitrogen and oxygen atoms in total. The lowest BCUT2D eigenvalue weighted by molar-refractivity contribution is 0.0285. The number of hydrogen-bond acceptors (Lipinski definition) is 5. The molecule has 0 fully saturated rings. The fourth-order valence-electron chi connectivity index (χ4n) is 3.02. The van der Waals surface area contributed by atoms with E-state index in [0.717, 1.165) is 22.6 Å². The minimum Gasteiger partial charge on any atom is -0.444 e. The quantitative estimate of drug-likeness (QED) is 0.455. The Morgan fingerprint density at radius 1 is 1.06 bits per heavy atom. The van der Waals surface area contributed by atoms with Crippen molar-refractivity contribution in [2.75, 3.05) is 14.1 Å². The summed E-state index contributed by atoms with van der Waals surface area (Å²) in [5, 5.41) is 14.9. The predicted octanol–water partition coefficient (Wildman–Crippen LogP) is 2.96. The van der Waals surface area contributed by atoms with Crippen molar-refractivity contribution < 1.29 is 9.53 Å². The average molecular weight is 438 g/mol. The van der Waals surface area contributed by atoms with E-state index in [1.165, 1.54) is 0 Å². The van der Waals surface area contributed by atoms with Crippen LogP contribution < -0.4 is 10.6 Å². The number of nitrogens with one attached hydrogen (secondary N) is 2. The molecule has 0 bridgehead atoms. The zero-order valence-electron chi connectivity index (χ0n) is 19.3. The van der Waals surface area contributed by atoms with Gasteiger partial charge in [0.05, 0.1) is 6.54 Å². The van der Waals surface area contributed by atoms with Crippen LogP contribution in [0.4, 0.5) is 4.79 Å². The summed E-state index contributed by atoms with van der Waals surface area (Å²) in [6.07, 6.45) is 1.60. The Labute approximate surface area is 188 Å². The number of rotatable bonds is 6. The van der Waals surface area contributed by atoms with Crippen molar-refractivity contribution in [1.82, 2.24) is 30.1 Å². The number of benzene rings is 1. The molecule has 1 amide bonds. The minimum atomic E-state index is -0.505. The van der Waals surface area contributed by atoms with E-state index in [1.54, 1.807) is 19.0 Å². The number of aliphatic imine (C=N–C) groups is 1. The van der Waals surface area contributed by atoms with Crippen molar-refractivity contribution in [1.29, 1.82) is 0 Å². The lowest BCUT2D eigenvalue weighted by atomic mass is 10.1. The van der Waals surface area contributed by atoms with E-state index < -0.39 is 5.60 Å². The Balaban J connectivity index is 1.48. The molecule has 32 heavy (non-hydrogen) atoms. The molecular weight excluding hydrogens is 406 g/mol. The first-order valence-corrected chi connectivity index (χ1v) is 10.5. The molecule has 0 aliphatic rings. The number of ether oxygens (including phenoxy) is 1. The normalized spacial score (nSPS) is 12.0. The molecule has 170 valence electrons. The molecule has 0 saturated heterocycles. The van der Waals surface area contributed by atoms with Gasteiger partial charge in [0.2, 0.25) is 0 Å². The van der Waals surface area contributed by atoms with Crippen LogP contribution in [-0.4, -0.2) is 51.2 Å². The van der Waals surface area contributed by atoms with Gasteiger partial charge in [0.1, 0.15) is 5.60 Å². The molecule has 0 unspecified atom stereocenters. The fraction of sp³-hybridized carbons (Fsp3) is 0.391. The molecule has 3 rings (SSSR count). The first-order chi connectivity index (χ1) is 15.2. The number of carbonyl (C=O) groups excluding carboxylic acids is 1. The Bertz CT molecular complexity index is 1070. The van der Waals surface area contributed by atoms with Gasteiger partial charge in [-0.15, -0.1) is 10.2 Å². The topological polar surface area (TPSA) is 96.2 Å². The largest absolute Gasteiger partial charge is 0.444 e. The molecule has 0 saturated carbocycles. The van der Waals surface area contributed by atoms with Crippen molar-refractivity contribution in [2.24, 2.45) is 4.99 Å². The molecule has 2 aromatic heterocycles. The molecule has 3 aromatic rings. The number of guanidine groups is 1. The summed E-state index contributed by atoms with van der Waals surface area (Å²) in [7, 11) is 3.46. The number of aromatic nitrogens is 3. The molecule has 2 heterocycles. The van der Waals surface area contributed by atoms with Crippen LogP contribution >= 0.6 is 0 Å². The average Bonchev–Trinajstić information content (AvgIpc) is 3.17. The highest BCUT2D eigenvalue weighted by molar-refractivity contribution is 5.79. The van der Waals surface area contributed by atoms with E-state index in [4.69, 9.17) is 4.74 Å². The second-order valence-corrected chi connectivity index (χ2v) is 8.48. The smallest absolute Gasteiger partial charge is 0.410 e. The maximum atomic E-state index is 12.1. The van der Waals surface area contributed by atoms with Crippen LogP contribution in [0, 0.1) is 0 Å². The van der Waals surface area contributed by atoms with E-state index >= 15 is 0 Å². The van der Waals surface area contributed by atoms with Gasteiger partial charge in [0, 0.05) is 33.4 Å². The van der Waals surface area contributed by atoms with Gasteiger partial charge in [-0.05, 0) is 44.0 Å². The molecule has 0 aliphatic carbocycles. The molecule has 2 N–H and O–H groups in total. The van der Waals surface area contributed by atoms with Gasteiger partial charge in [-0.2, -0.15) is 0 Å². The van der Waals surface area contributed by atoms with Crippen LogP contribution in [0.1, 0.15) is 37.7 Å². The third-order valence-corrected chi connectivity index (χ3v) is 4.63. The summed E-state index contributed by atoms with van der Waals surface area (Å²) in [5.41, 5.74) is 2.44. The standard InChI is InChI=1S/C23H31N7O2/c1-23(2,3)32-22(31)29(5)16-18-11-9-17(10-12-18)14-25-21(24-4)26-15-20-28-27-19-8-6-7-13-30(19)20/h6-13H,14-16H2,1-5H3,(H2,24,25,26). The van der Waals surface area contributed by atoms with Gasteiger partial charge in [0.15, 0.2) is 17.4 Å². The first kappa shape index (κ1) is 23.1. The number of nitrogens with zero attached hydrogens (tertiary/aromatic N) is 5. The van der Waals surface area contributed by atoms with Crippen molar-refractivity contribution in [3.63, 3.8) is 0 Å². The van der Waals surface area contributed by atoms with E-state index in [0.29, 0.717) is 25.6 Å². The van der Waals surface area contributed by atoms with Gasteiger partial charge in [-0.25, -0.2) is 4.79 Å². The van der Waals surface area contributed by atoms with Crippen LogP contribution in [0.25, 0.3) is 5.65 Å². The van der Waals surface area contributed by atoms with E-state index in [1.807, 2.05) is 73.8 Å². The Morgan fingerprint density at radius 3 is 2.44 bits per heavy atom. The second-order valence-electron chi connectivity index (χ2n) is 8.48. The highest BCUT2D eigenvalue weighted by Crippen LogP contribution is 2.12. The van der Waals surface area contributed by atoms with Gasteiger partial charge in [0.25, 0.3) is 0 Å². The van der Waals surface area contributed by atoms with Crippen LogP contribution in [0.2, 0.25) is 0 Å². The molecule has 0 aliphatic heterocycles. The number of carbonyl (C=O) groups is 1. The van der Waals surface area contributed by atoms with Gasteiger partial charge >= 0.3 is 6.09 Å². The highest BCUT2D eigenvalue weighted by atomic mass is 16.6. The van der Waals surface area contributed by atoms with Gasteiger partial charge in [-0.1, -0.05) is 30.3 Å². The predicted molar refractivity (Wildman–Crippen MR) is 124 cm³/mol. The van der Waals surface area contributed by atoms with Gasteiger partial charge < -0.3 is 20.3 Å². The Morgan fingerprint density at radius 2 is 1.75 bits per heavy atom. The second kappa shape index (κ2) is 10.1. The Hall–Kier alpha value is -3.62. The number of hydrogen-bond donors (Lipinski definition) is 2. The summed E-state index contributed by atoms with van der Waals surface area (Å²) in [4.78, 5) is 18.0. The third kappa shape index (κ3) is 6.44. The van der Waals surface area contributed by atoms with Gasteiger partial charge in [-0.3, -0.25) is 9.39 Å². The maximum absolute atomic E-state index is 12.1. The number of pyridine rings is 1. The van der Waals surface area contributed by atoms with Crippen LogP contribution in [0.15, 0.2) is 53.7 Å². The highest BCUT2D eigenvalue weighted by Gasteiger charge is 2.19. The molecule has 9 heteroatoms. The zero-order chi connectivity index (χ0) is 23.1. The summed E-state index contributed by atoms with van der Waals surface area (Å²) < 4.78 is 7.33. The van der Waals surface area contributed by atoms with E-state index in [2.05, 4.69) is 25.8 Å². The van der Waals surface area contributed by atoms with Crippen LogP contribution in [0.5, 0.6) is 0 Å². The van der Waals surface area contributed by atoms with Crippen LogP contribution in [0.3, 0.4) is 0 Å². The summed E-state index contributed by atoms with van der Waals surface area (Å²) in [6, 6.07) is 13.9. The SMILES string of the molecule is CN=C(NCc1ccc(CN(C)C(=O)OC(C)(C)C)cc1)NCc1nnc2ccccn12. The molecule has 0 radical (unpaired) electrons. The monoisotopic (exact) mass is 437 g/mol.